The molecule has 0 aliphatic carbocycles. The number of halogens is 1. The van der Waals surface area contributed by atoms with E-state index >= 15 is 0 Å². The molecule has 0 radical (unpaired) electrons. The van der Waals surface area contributed by atoms with Crippen molar-refractivity contribution in [1.82, 2.24) is 10.3 Å². The molecule has 2 rings (SSSR count). The highest BCUT2D eigenvalue weighted by Gasteiger charge is 2.17. The standard InChI is InChI=1S/C16H14FN3O3S/c17-11-3-4-13(24-16(23)10-2-1-6-19-9-10)12(8-11)15(22)20-7-5-14(18)21/h1-4,6,8-9H,5,7H2,(H2,18,21)(H,20,22). The summed E-state index contributed by atoms with van der Waals surface area (Å²) in [4.78, 5) is 39.2. The summed E-state index contributed by atoms with van der Waals surface area (Å²) < 4.78 is 13.5. The number of thioether (sulfide) groups is 1. The third-order valence-corrected chi connectivity index (χ3v) is 3.94. The highest BCUT2D eigenvalue weighted by molar-refractivity contribution is 8.14. The molecule has 1 heterocycles. The number of carbonyl (C=O) groups excluding carboxylic acids is 3. The van der Waals surface area contributed by atoms with E-state index in [0.29, 0.717) is 10.5 Å². The Bertz CT molecular complexity index is 768. The number of hydrogen-bond donors (Lipinski definition) is 2. The quantitative estimate of drug-likeness (QED) is 0.775. The largest absolute Gasteiger partial charge is 0.370 e. The normalized spacial score (nSPS) is 10.2. The number of amides is 2. The van der Waals surface area contributed by atoms with Gasteiger partial charge in [0.25, 0.3) is 5.91 Å². The van der Waals surface area contributed by atoms with Gasteiger partial charge in [-0.25, -0.2) is 4.39 Å². The minimum atomic E-state index is -0.603. The fourth-order valence-corrected chi connectivity index (χ4v) is 2.64. The molecular weight excluding hydrogens is 333 g/mol. The van der Waals surface area contributed by atoms with Crippen LogP contribution in [0.3, 0.4) is 0 Å². The molecule has 124 valence electrons. The lowest BCUT2D eigenvalue weighted by atomic mass is 10.2. The highest BCUT2D eigenvalue weighted by Crippen LogP contribution is 2.27. The summed E-state index contributed by atoms with van der Waals surface area (Å²) in [5.74, 6) is -1.75. The Morgan fingerprint density at radius 3 is 2.71 bits per heavy atom. The molecule has 8 heteroatoms. The van der Waals surface area contributed by atoms with Crippen LogP contribution in [0.5, 0.6) is 0 Å². The fourth-order valence-electron chi connectivity index (χ4n) is 1.81. The molecule has 0 fully saturated rings. The van der Waals surface area contributed by atoms with Crippen LogP contribution in [0, 0.1) is 5.82 Å². The summed E-state index contributed by atoms with van der Waals surface area (Å²) in [6.07, 6.45) is 2.92. The lowest BCUT2D eigenvalue weighted by Crippen LogP contribution is -2.28. The predicted molar refractivity (Wildman–Crippen MR) is 87.0 cm³/mol. The summed E-state index contributed by atoms with van der Waals surface area (Å²) in [6, 6.07) is 6.78. The maximum atomic E-state index is 13.5. The van der Waals surface area contributed by atoms with Crippen molar-refractivity contribution >= 4 is 28.7 Å². The van der Waals surface area contributed by atoms with Crippen molar-refractivity contribution in [2.45, 2.75) is 11.3 Å². The Labute approximate surface area is 141 Å². The number of carbonyl (C=O) groups is 3. The van der Waals surface area contributed by atoms with Crippen molar-refractivity contribution in [2.75, 3.05) is 6.54 Å². The van der Waals surface area contributed by atoms with Crippen molar-refractivity contribution in [2.24, 2.45) is 5.73 Å². The molecule has 1 aromatic heterocycles. The van der Waals surface area contributed by atoms with Crippen LogP contribution in [0.25, 0.3) is 0 Å². The third kappa shape index (κ3) is 4.88. The summed E-state index contributed by atoms with van der Waals surface area (Å²) in [6.45, 7) is 0.0331. The smallest absolute Gasteiger partial charge is 0.252 e. The van der Waals surface area contributed by atoms with Crippen LogP contribution in [0.2, 0.25) is 0 Å². The van der Waals surface area contributed by atoms with Crippen molar-refractivity contribution in [3.63, 3.8) is 0 Å². The van der Waals surface area contributed by atoms with Crippen molar-refractivity contribution in [3.05, 3.63) is 59.7 Å². The number of primary amides is 1. The van der Waals surface area contributed by atoms with Gasteiger partial charge in [-0.15, -0.1) is 0 Å². The van der Waals surface area contributed by atoms with Gasteiger partial charge in [-0.1, -0.05) is 0 Å². The van der Waals surface area contributed by atoms with E-state index in [4.69, 9.17) is 5.73 Å². The zero-order valence-corrected chi connectivity index (χ0v) is 13.3. The first-order chi connectivity index (χ1) is 11.5. The Morgan fingerprint density at radius 1 is 1.25 bits per heavy atom. The molecule has 0 spiro atoms. The van der Waals surface area contributed by atoms with Crippen LogP contribution >= 0.6 is 11.8 Å². The summed E-state index contributed by atoms with van der Waals surface area (Å²) in [7, 11) is 0. The summed E-state index contributed by atoms with van der Waals surface area (Å²) in [5.41, 5.74) is 5.38. The molecule has 0 bridgehead atoms. The molecule has 2 amide bonds. The highest BCUT2D eigenvalue weighted by atomic mass is 32.2. The van der Waals surface area contributed by atoms with Crippen LogP contribution < -0.4 is 11.1 Å². The Morgan fingerprint density at radius 2 is 2.04 bits per heavy atom. The fraction of sp³-hybridized carbons (Fsp3) is 0.125. The lowest BCUT2D eigenvalue weighted by Gasteiger charge is -2.09. The minimum absolute atomic E-state index is 0.0155. The minimum Gasteiger partial charge on any atom is -0.370 e. The number of pyridine rings is 1. The van der Waals surface area contributed by atoms with Gasteiger partial charge in [-0.05, 0) is 42.1 Å². The number of nitrogens with zero attached hydrogens (tertiary/aromatic N) is 1. The molecule has 0 saturated carbocycles. The van der Waals surface area contributed by atoms with Gasteiger partial charge in [-0.2, -0.15) is 0 Å². The van der Waals surface area contributed by atoms with Gasteiger partial charge in [0, 0.05) is 35.8 Å². The van der Waals surface area contributed by atoms with Gasteiger partial charge in [0.2, 0.25) is 11.0 Å². The molecule has 6 nitrogen and oxygen atoms in total. The number of rotatable bonds is 6. The summed E-state index contributed by atoms with van der Waals surface area (Å²) >= 11 is 0.802. The molecular formula is C16H14FN3O3S. The van der Waals surface area contributed by atoms with Crippen molar-refractivity contribution in [1.29, 1.82) is 0 Å². The Hall–Kier alpha value is -2.74. The number of hydrogen-bond acceptors (Lipinski definition) is 5. The van der Waals surface area contributed by atoms with Gasteiger partial charge in [0.15, 0.2) is 0 Å². The van der Waals surface area contributed by atoms with Gasteiger partial charge >= 0.3 is 0 Å². The van der Waals surface area contributed by atoms with E-state index in [1.165, 1.54) is 24.5 Å². The molecule has 0 unspecified atom stereocenters. The van der Waals surface area contributed by atoms with Crippen LogP contribution in [0.1, 0.15) is 27.1 Å². The van der Waals surface area contributed by atoms with Crippen LogP contribution in [-0.2, 0) is 4.79 Å². The van der Waals surface area contributed by atoms with Crippen LogP contribution in [-0.4, -0.2) is 28.5 Å². The van der Waals surface area contributed by atoms with Gasteiger partial charge < -0.3 is 11.1 Å². The molecule has 1 aromatic carbocycles. The zero-order valence-electron chi connectivity index (χ0n) is 12.5. The van der Waals surface area contributed by atoms with E-state index in [1.54, 1.807) is 12.1 Å². The molecule has 0 aliphatic rings. The molecule has 24 heavy (non-hydrogen) atoms. The molecule has 3 N–H and O–H groups in total. The maximum absolute atomic E-state index is 13.5. The Kier molecular flexibility index (Phi) is 6.02. The summed E-state index contributed by atoms with van der Waals surface area (Å²) in [5, 5.41) is 2.15. The number of nitrogens with two attached hydrogens (primary N) is 1. The monoisotopic (exact) mass is 347 g/mol. The van der Waals surface area contributed by atoms with E-state index in [-0.39, 0.29) is 23.6 Å². The van der Waals surface area contributed by atoms with Crippen molar-refractivity contribution in [3.8, 4) is 0 Å². The molecule has 0 saturated heterocycles. The first-order valence-electron chi connectivity index (χ1n) is 6.95. The van der Waals surface area contributed by atoms with E-state index in [2.05, 4.69) is 10.3 Å². The van der Waals surface area contributed by atoms with Gasteiger partial charge in [0.05, 0.1) is 5.56 Å². The lowest BCUT2D eigenvalue weighted by molar-refractivity contribution is -0.117. The Balaban J connectivity index is 2.16. The SMILES string of the molecule is NC(=O)CCNC(=O)c1cc(F)ccc1SC(=O)c1cccnc1. The molecule has 0 aliphatic heterocycles. The second-order valence-corrected chi connectivity index (χ2v) is 5.76. The van der Waals surface area contributed by atoms with Gasteiger partial charge in [-0.3, -0.25) is 19.4 Å². The third-order valence-electron chi connectivity index (χ3n) is 2.94. The van der Waals surface area contributed by atoms with E-state index in [0.717, 1.165) is 17.8 Å². The van der Waals surface area contributed by atoms with Crippen LogP contribution in [0.15, 0.2) is 47.6 Å². The average Bonchev–Trinajstić information content (AvgIpc) is 2.56. The number of benzene rings is 1. The van der Waals surface area contributed by atoms with Crippen molar-refractivity contribution < 1.29 is 18.8 Å². The second kappa shape index (κ2) is 8.21. The first-order valence-corrected chi connectivity index (χ1v) is 7.77. The average molecular weight is 347 g/mol. The van der Waals surface area contributed by atoms with E-state index in [9.17, 15) is 18.8 Å². The topological polar surface area (TPSA) is 102 Å². The predicted octanol–water partition coefficient (Wildman–Crippen LogP) is 1.76. The molecule has 2 aromatic rings. The molecule has 0 atom stereocenters. The van der Waals surface area contributed by atoms with Crippen LogP contribution in [0.4, 0.5) is 4.39 Å². The zero-order chi connectivity index (χ0) is 17.5. The second-order valence-electron chi connectivity index (χ2n) is 4.74. The van der Waals surface area contributed by atoms with Gasteiger partial charge in [0.1, 0.15) is 5.82 Å². The first kappa shape index (κ1) is 17.6. The van der Waals surface area contributed by atoms with E-state index < -0.39 is 17.6 Å². The maximum Gasteiger partial charge on any atom is 0.252 e. The van der Waals surface area contributed by atoms with E-state index in [1.807, 2.05) is 0 Å². The number of nitrogens with one attached hydrogen (secondary N) is 1. The number of aromatic nitrogens is 1.